The fourth-order valence-electron chi connectivity index (χ4n) is 1.53. The SMILES string of the molecule is Cc1csc(Cc2noc(-c3sccc3N)n2)n1. The molecule has 0 atom stereocenters. The summed E-state index contributed by atoms with van der Waals surface area (Å²) in [5, 5.41) is 8.84. The lowest BCUT2D eigenvalue weighted by Gasteiger charge is -1.89. The van der Waals surface area contributed by atoms with E-state index < -0.39 is 0 Å². The van der Waals surface area contributed by atoms with E-state index in [1.54, 1.807) is 11.3 Å². The van der Waals surface area contributed by atoms with Crippen molar-refractivity contribution in [3.05, 3.63) is 33.4 Å². The highest BCUT2D eigenvalue weighted by Crippen LogP contribution is 2.30. The van der Waals surface area contributed by atoms with E-state index in [1.807, 2.05) is 23.8 Å². The van der Waals surface area contributed by atoms with Gasteiger partial charge in [0, 0.05) is 11.1 Å². The van der Waals surface area contributed by atoms with Crippen LogP contribution in [-0.2, 0) is 6.42 Å². The molecule has 3 aromatic rings. The van der Waals surface area contributed by atoms with Crippen molar-refractivity contribution in [2.45, 2.75) is 13.3 Å². The molecular weight excluding hydrogens is 268 g/mol. The molecule has 3 heterocycles. The molecule has 0 aromatic carbocycles. The summed E-state index contributed by atoms with van der Waals surface area (Å²) in [6, 6.07) is 1.83. The summed E-state index contributed by atoms with van der Waals surface area (Å²) in [6.45, 7) is 1.97. The number of nitrogens with two attached hydrogens (primary N) is 1. The molecular formula is C11H10N4OS2. The molecule has 0 radical (unpaired) electrons. The van der Waals surface area contributed by atoms with Gasteiger partial charge in [0.25, 0.3) is 5.89 Å². The second-order valence-electron chi connectivity index (χ2n) is 3.78. The van der Waals surface area contributed by atoms with E-state index in [4.69, 9.17) is 10.3 Å². The van der Waals surface area contributed by atoms with Gasteiger partial charge in [-0.05, 0) is 18.4 Å². The number of thiophene rings is 1. The number of hydrogen-bond acceptors (Lipinski definition) is 7. The van der Waals surface area contributed by atoms with Crippen molar-refractivity contribution >= 4 is 28.4 Å². The van der Waals surface area contributed by atoms with Crippen LogP contribution in [-0.4, -0.2) is 15.1 Å². The van der Waals surface area contributed by atoms with Gasteiger partial charge in [-0.3, -0.25) is 0 Å². The second kappa shape index (κ2) is 4.51. The molecule has 0 saturated carbocycles. The monoisotopic (exact) mass is 278 g/mol. The van der Waals surface area contributed by atoms with Crippen molar-refractivity contribution in [3.8, 4) is 10.8 Å². The van der Waals surface area contributed by atoms with Crippen LogP contribution >= 0.6 is 22.7 Å². The molecule has 7 heteroatoms. The predicted octanol–water partition coefficient (Wildman–Crippen LogP) is 2.74. The number of nitrogen functional groups attached to an aromatic ring is 1. The van der Waals surface area contributed by atoms with E-state index in [2.05, 4.69) is 15.1 Å². The summed E-state index contributed by atoms with van der Waals surface area (Å²) in [4.78, 5) is 9.53. The maximum absolute atomic E-state index is 5.81. The molecule has 5 nitrogen and oxygen atoms in total. The Labute approximate surface area is 111 Å². The number of aryl methyl sites for hydroxylation is 1. The Balaban J connectivity index is 1.84. The summed E-state index contributed by atoms with van der Waals surface area (Å²) in [5.74, 6) is 1.11. The Morgan fingerprint density at radius 1 is 1.33 bits per heavy atom. The normalized spacial score (nSPS) is 10.9. The van der Waals surface area contributed by atoms with Gasteiger partial charge in [-0.1, -0.05) is 5.16 Å². The average Bonchev–Trinajstić information content (AvgIpc) is 3.02. The number of aromatic nitrogens is 3. The van der Waals surface area contributed by atoms with E-state index in [0.717, 1.165) is 15.6 Å². The molecule has 0 saturated heterocycles. The van der Waals surface area contributed by atoms with Gasteiger partial charge >= 0.3 is 0 Å². The van der Waals surface area contributed by atoms with Crippen LogP contribution in [0.1, 0.15) is 16.5 Å². The number of rotatable bonds is 3. The average molecular weight is 278 g/mol. The molecule has 2 N–H and O–H groups in total. The molecule has 0 spiro atoms. The van der Waals surface area contributed by atoms with Crippen molar-refractivity contribution in [2.24, 2.45) is 0 Å². The second-order valence-corrected chi connectivity index (χ2v) is 5.64. The van der Waals surface area contributed by atoms with Crippen molar-refractivity contribution in [2.75, 3.05) is 5.73 Å². The van der Waals surface area contributed by atoms with Crippen molar-refractivity contribution in [3.63, 3.8) is 0 Å². The Morgan fingerprint density at radius 2 is 2.22 bits per heavy atom. The largest absolute Gasteiger partial charge is 0.397 e. The highest BCUT2D eigenvalue weighted by Gasteiger charge is 2.14. The van der Waals surface area contributed by atoms with Crippen LogP contribution in [0.3, 0.4) is 0 Å². The van der Waals surface area contributed by atoms with Crippen LogP contribution < -0.4 is 5.73 Å². The lowest BCUT2D eigenvalue weighted by molar-refractivity contribution is 0.425. The summed E-state index contributed by atoms with van der Waals surface area (Å²) < 4.78 is 5.22. The quantitative estimate of drug-likeness (QED) is 0.797. The zero-order valence-electron chi connectivity index (χ0n) is 9.58. The fourth-order valence-corrected chi connectivity index (χ4v) is 3.04. The first kappa shape index (κ1) is 11.4. The van der Waals surface area contributed by atoms with Gasteiger partial charge in [-0.25, -0.2) is 4.98 Å². The summed E-state index contributed by atoms with van der Waals surface area (Å²) in [7, 11) is 0. The third-order valence-electron chi connectivity index (χ3n) is 2.33. The van der Waals surface area contributed by atoms with E-state index in [1.165, 1.54) is 11.3 Å². The minimum absolute atomic E-state index is 0.478. The Bertz CT molecular complexity index is 670. The number of nitrogens with zero attached hydrogens (tertiary/aromatic N) is 3. The number of hydrogen-bond donors (Lipinski definition) is 1. The number of anilines is 1. The van der Waals surface area contributed by atoms with Gasteiger partial charge < -0.3 is 10.3 Å². The maximum atomic E-state index is 5.81. The molecule has 0 aliphatic rings. The van der Waals surface area contributed by atoms with Crippen LogP contribution in [0.25, 0.3) is 10.8 Å². The zero-order chi connectivity index (χ0) is 12.5. The summed E-state index contributed by atoms with van der Waals surface area (Å²) >= 11 is 3.09. The first-order valence-corrected chi connectivity index (χ1v) is 7.05. The molecule has 0 amide bonds. The predicted molar refractivity (Wildman–Crippen MR) is 71.7 cm³/mol. The fraction of sp³-hybridized carbons (Fsp3) is 0.182. The Kier molecular flexibility index (Phi) is 2.85. The molecule has 3 aromatic heterocycles. The smallest absolute Gasteiger partial charge is 0.270 e. The van der Waals surface area contributed by atoms with Crippen molar-refractivity contribution in [1.29, 1.82) is 0 Å². The van der Waals surface area contributed by atoms with Crippen LogP contribution in [0.5, 0.6) is 0 Å². The highest BCUT2D eigenvalue weighted by atomic mass is 32.1. The van der Waals surface area contributed by atoms with Crippen LogP contribution in [0.2, 0.25) is 0 Å². The zero-order valence-corrected chi connectivity index (χ0v) is 11.2. The molecule has 0 aliphatic heterocycles. The third kappa shape index (κ3) is 2.14. The van der Waals surface area contributed by atoms with E-state index in [0.29, 0.717) is 23.8 Å². The standard InChI is InChI=1S/C11H10N4OS2/c1-6-5-18-9(13-6)4-8-14-11(16-15-8)10-7(12)2-3-17-10/h2-3,5H,4,12H2,1H3. The van der Waals surface area contributed by atoms with Gasteiger partial charge in [0.2, 0.25) is 0 Å². The summed E-state index contributed by atoms with van der Waals surface area (Å²) in [5.41, 5.74) is 7.49. The minimum atomic E-state index is 0.478. The minimum Gasteiger partial charge on any atom is -0.397 e. The maximum Gasteiger partial charge on any atom is 0.270 e. The van der Waals surface area contributed by atoms with Crippen molar-refractivity contribution in [1.82, 2.24) is 15.1 Å². The van der Waals surface area contributed by atoms with E-state index >= 15 is 0 Å². The van der Waals surface area contributed by atoms with Gasteiger partial charge in [-0.2, -0.15) is 4.98 Å². The number of thiazole rings is 1. The Morgan fingerprint density at radius 3 is 2.89 bits per heavy atom. The molecule has 3 rings (SSSR count). The first-order chi connectivity index (χ1) is 8.72. The van der Waals surface area contributed by atoms with Crippen LogP contribution in [0, 0.1) is 6.92 Å². The molecule has 0 fully saturated rings. The van der Waals surface area contributed by atoms with E-state index in [9.17, 15) is 0 Å². The summed E-state index contributed by atoms with van der Waals surface area (Å²) in [6.07, 6.45) is 0.591. The topological polar surface area (TPSA) is 77.8 Å². The van der Waals surface area contributed by atoms with Gasteiger partial charge in [0.15, 0.2) is 5.82 Å². The molecule has 0 bridgehead atoms. The van der Waals surface area contributed by atoms with Gasteiger partial charge in [0.05, 0.1) is 12.1 Å². The van der Waals surface area contributed by atoms with Crippen LogP contribution in [0.15, 0.2) is 21.3 Å². The lowest BCUT2D eigenvalue weighted by Crippen LogP contribution is -1.90. The van der Waals surface area contributed by atoms with Crippen LogP contribution in [0.4, 0.5) is 5.69 Å². The van der Waals surface area contributed by atoms with Crippen molar-refractivity contribution < 1.29 is 4.52 Å². The third-order valence-corrected chi connectivity index (χ3v) is 4.22. The van der Waals surface area contributed by atoms with E-state index in [-0.39, 0.29) is 0 Å². The molecule has 92 valence electrons. The van der Waals surface area contributed by atoms with Gasteiger partial charge in [-0.15, -0.1) is 22.7 Å². The molecule has 18 heavy (non-hydrogen) atoms. The molecule has 0 unspecified atom stereocenters. The highest BCUT2D eigenvalue weighted by molar-refractivity contribution is 7.14. The molecule has 0 aliphatic carbocycles. The first-order valence-electron chi connectivity index (χ1n) is 5.29. The lowest BCUT2D eigenvalue weighted by atomic mass is 10.4. The van der Waals surface area contributed by atoms with Gasteiger partial charge in [0.1, 0.15) is 9.88 Å². The Hall–Kier alpha value is -1.73.